The van der Waals surface area contributed by atoms with E-state index in [0.717, 1.165) is 12.8 Å². The number of amides is 2. The standard InChI is InChI=1S/C14H17Cl2N3O2/c1-8(20)18-10-3-2-4-19(7-10)14(21)9-5-11(15)13(16)12(17)6-9/h5-6,10H,2-4,7,17H2,1H3,(H,18,20). The van der Waals surface area contributed by atoms with E-state index in [9.17, 15) is 9.59 Å². The van der Waals surface area contributed by atoms with Crippen molar-refractivity contribution in [3.8, 4) is 0 Å². The van der Waals surface area contributed by atoms with Crippen molar-refractivity contribution < 1.29 is 9.59 Å². The third-order valence-corrected chi connectivity index (χ3v) is 4.24. The molecule has 2 rings (SSSR count). The molecule has 1 fully saturated rings. The van der Waals surface area contributed by atoms with E-state index < -0.39 is 0 Å². The number of carbonyl (C=O) groups excluding carboxylic acids is 2. The quantitative estimate of drug-likeness (QED) is 0.817. The second kappa shape index (κ2) is 6.54. The largest absolute Gasteiger partial charge is 0.397 e. The summed E-state index contributed by atoms with van der Waals surface area (Å²) in [5, 5.41) is 3.36. The van der Waals surface area contributed by atoms with E-state index in [-0.39, 0.29) is 33.6 Å². The van der Waals surface area contributed by atoms with Crippen LogP contribution < -0.4 is 11.1 Å². The molecule has 1 aliphatic rings. The highest BCUT2D eigenvalue weighted by molar-refractivity contribution is 6.43. The summed E-state index contributed by atoms with van der Waals surface area (Å²) in [6, 6.07) is 3.03. The lowest BCUT2D eigenvalue weighted by molar-refractivity contribution is -0.120. The number of carbonyl (C=O) groups is 2. The first kappa shape index (κ1) is 15.9. The topological polar surface area (TPSA) is 75.4 Å². The van der Waals surface area contributed by atoms with Gasteiger partial charge in [0.15, 0.2) is 0 Å². The van der Waals surface area contributed by atoms with Crippen LogP contribution in [-0.4, -0.2) is 35.8 Å². The summed E-state index contributed by atoms with van der Waals surface area (Å²) >= 11 is 11.9. The first-order valence-corrected chi connectivity index (χ1v) is 7.45. The van der Waals surface area contributed by atoms with Gasteiger partial charge in [-0.2, -0.15) is 0 Å². The van der Waals surface area contributed by atoms with Gasteiger partial charge in [-0.15, -0.1) is 0 Å². The Labute approximate surface area is 133 Å². The van der Waals surface area contributed by atoms with Gasteiger partial charge in [0, 0.05) is 31.6 Å². The van der Waals surface area contributed by atoms with Crippen molar-refractivity contribution in [1.82, 2.24) is 10.2 Å². The first-order valence-electron chi connectivity index (χ1n) is 6.69. The molecule has 0 spiro atoms. The molecule has 0 bridgehead atoms. The van der Waals surface area contributed by atoms with Gasteiger partial charge in [0.05, 0.1) is 15.7 Å². The molecule has 1 atom stereocenters. The van der Waals surface area contributed by atoms with Crippen LogP contribution in [0.25, 0.3) is 0 Å². The van der Waals surface area contributed by atoms with E-state index in [1.807, 2.05) is 0 Å². The van der Waals surface area contributed by atoms with Crippen molar-refractivity contribution in [2.24, 2.45) is 0 Å². The fourth-order valence-electron chi connectivity index (χ4n) is 2.48. The van der Waals surface area contributed by atoms with Crippen molar-refractivity contribution >= 4 is 40.7 Å². The van der Waals surface area contributed by atoms with E-state index >= 15 is 0 Å². The van der Waals surface area contributed by atoms with Crippen LogP contribution in [-0.2, 0) is 4.79 Å². The number of hydrogen-bond donors (Lipinski definition) is 2. The van der Waals surface area contributed by atoms with Crippen LogP contribution in [0.2, 0.25) is 10.0 Å². The zero-order chi connectivity index (χ0) is 15.6. The van der Waals surface area contributed by atoms with Crippen LogP contribution in [0.1, 0.15) is 30.1 Å². The van der Waals surface area contributed by atoms with Gasteiger partial charge in [0.2, 0.25) is 5.91 Å². The van der Waals surface area contributed by atoms with Gasteiger partial charge in [-0.05, 0) is 25.0 Å². The highest BCUT2D eigenvalue weighted by Crippen LogP contribution is 2.30. The molecule has 0 aromatic heterocycles. The number of nitrogens with zero attached hydrogens (tertiary/aromatic N) is 1. The van der Waals surface area contributed by atoms with E-state index in [4.69, 9.17) is 28.9 Å². The Morgan fingerprint density at radius 2 is 2.10 bits per heavy atom. The maximum Gasteiger partial charge on any atom is 0.254 e. The molecule has 1 saturated heterocycles. The Bertz CT molecular complexity index is 554. The van der Waals surface area contributed by atoms with Crippen LogP contribution >= 0.6 is 23.2 Å². The lowest BCUT2D eigenvalue weighted by atomic mass is 10.0. The normalized spacial score (nSPS) is 18.4. The van der Waals surface area contributed by atoms with Gasteiger partial charge < -0.3 is 16.0 Å². The third-order valence-electron chi connectivity index (χ3n) is 3.42. The second-order valence-corrected chi connectivity index (χ2v) is 5.94. The number of nitrogen functional groups attached to an aromatic ring is 1. The van der Waals surface area contributed by atoms with Gasteiger partial charge >= 0.3 is 0 Å². The highest BCUT2D eigenvalue weighted by Gasteiger charge is 2.25. The average molecular weight is 330 g/mol. The maximum atomic E-state index is 12.5. The van der Waals surface area contributed by atoms with Crippen LogP contribution in [0.15, 0.2) is 12.1 Å². The molecule has 1 aromatic rings. The van der Waals surface area contributed by atoms with E-state index in [0.29, 0.717) is 18.7 Å². The van der Waals surface area contributed by atoms with E-state index in [1.54, 1.807) is 4.90 Å². The molecule has 1 heterocycles. The van der Waals surface area contributed by atoms with Gasteiger partial charge in [0.1, 0.15) is 0 Å². The number of anilines is 1. The molecule has 114 valence electrons. The monoisotopic (exact) mass is 329 g/mol. The molecule has 3 N–H and O–H groups in total. The summed E-state index contributed by atoms with van der Waals surface area (Å²) < 4.78 is 0. The average Bonchev–Trinajstić information content (AvgIpc) is 2.43. The van der Waals surface area contributed by atoms with Gasteiger partial charge in [0.25, 0.3) is 5.91 Å². The number of hydrogen-bond acceptors (Lipinski definition) is 3. The van der Waals surface area contributed by atoms with Crippen molar-refractivity contribution in [1.29, 1.82) is 0 Å². The Balaban J connectivity index is 2.14. The van der Waals surface area contributed by atoms with E-state index in [2.05, 4.69) is 5.32 Å². The van der Waals surface area contributed by atoms with Crippen molar-refractivity contribution in [2.45, 2.75) is 25.8 Å². The van der Waals surface area contributed by atoms with E-state index in [1.165, 1.54) is 19.1 Å². The zero-order valence-corrected chi connectivity index (χ0v) is 13.2. The van der Waals surface area contributed by atoms with Gasteiger partial charge in [-0.3, -0.25) is 9.59 Å². The molecule has 0 saturated carbocycles. The number of likely N-dealkylation sites (tertiary alicyclic amines) is 1. The minimum absolute atomic E-state index is 0.0136. The number of nitrogens with one attached hydrogen (secondary N) is 1. The summed E-state index contributed by atoms with van der Waals surface area (Å²) in [5.74, 6) is -0.247. The lowest BCUT2D eigenvalue weighted by Crippen LogP contribution is -2.49. The molecule has 0 radical (unpaired) electrons. The van der Waals surface area contributed by atoms with Crippen LogP contribution in [0, 0.1) is 0 Å². The van der Waals surface area contributed by atoms with Crippen molar-refractivity contribution in [3.05, 3.63) is 27.7 Å². The first-order chi connectivity index (χ1) is 9.88. The number of piperidine rings is 1. The zero-order valence-electron chi connectivity index (χ0n) is 11.7. The highest BCUT2D eigenvalue weighted by atomic mass is 35.5. The van der Waals surface area contributed by atoms with Crippen molar-refractivity contribution in [2.75, 3.05) is 18.8 Å². The molecule has 0 aliphatic carbocycles. The summed E-state index contributed by atoms with van der Waals surface area (Å²) in [7, 11) is 0. The number of rotatable bonds is 2. The summed E-state index contributed by atoms with van der Waals surface area (Å²) in [6.07, 6.45) is 1.71. The van der Waals surface area contributed by atoms with Crippen LogP contribution in [0.4, 0.5) is 5.69 Å². The number of benzene rings is 1. The molecule has 2 amide bonds. The smallest absolute Gasteiger partial charge is 0.254 e. The molecular weight excluding hydrogens is 313 g/mol. The molecular formula is C14H17Cl2N3O2. The predicted molar refractivity (Wildman–Crippen MR) is 83.6 cm³/mol. The summed E-state index contributed by atoms with van der Waals surface area (Å²) in [4.78, 5) is 25.3. The third kappa shape index (κ3) is 3.80. The second-order valence-electron chi connectivity index (χ2n) is 5.15. The Morgan fingerprint density at radius 1 is 1.38 bits per heavy atom. The van der Waals surface area contributed by atoms with Gasteiger partial charge in [-0.1, -0.05) is 23.2 Å². The molecule has 1 unspecified atom stereocenters. The van der Waals surface area contributed by atoms with Crippen LogP contribution in [0.3, 0.4) is 0 Å². The Hall–Kier alpha value is -1.46. The Kier molecular flexibility index (Phi) is 4.96. The molecule has 1 aromatic carbocycles. The summed E-state index contributed by atoms with van der Waals surface area (Å²) in [6.45, 7) is 2.61. The molecule has 7 heteroatoms. The number of nitrogens with two attached hydrogens (primary N) is 1. The fourth-order valence-corrected chi connectivity index (χ4v) is 2.82. The molecule has 5 nitrogen and oxygen atoms in total. The SMILES string of the molecule is CC(=O)NC1CCCN(C(=O)c2cc(N)c(Cl)c(Cl)c2)C1. The number of halogens is 2. The minimum Gasteiger partial charge on any atom is -0.397 e. The maximum absolute atomic E-state index is 12.5. The Morgan fingerprint density at radius 3 is 2.71 bits per heavy atom. The summed E-state index contributed by atoms with van der Waals surface area (Å²) in [5.41, 5.74) is 6.43. The molecule has 21 heavy (non-hydrogen) atoms. The lowest BCUT2D eigenvalue weighted by Gasteiger charge is -2.33. The fraction of sp³-hybridized carbons (Fsp3) is 0.429. The predicted octanol–water partition coefficient (Wildman–Crippen LogP) is 2.32. The van der Waals surface area contributed by atoms with Crippen LogP contribution in [0.5, 0.6) is 0 Å². The van der Waals surface area contributed by atoms with Gasteiger partial charge in [-0.25, -0.2) is 0 Å². The van der Waals surface area contributed by atoms with Crippen molar-refractivity contribution in [3.63, 3.8) is 0 Å². The minimum atomic E-state index is -0.157. The molecule has 1 aliphatic heterocycles.